The summed E-state index contributed by atoms with van der Waals surface area (Å²) < 4.78 is 39.4. The minimum absolute atomic E-state index is 0.0179. The van der Waals surface area contributed by atoms with Crippen LogP contribution in [0.25, 0.3) is 5.69 Å². The van der Waals surface area contributed by atoms with Crippen molar-refractivity contribution in [1.82, 2.24) is 15.0 Å². The number of alkyl halides is 3. The van der Waals surface area contributed by atoms with Crippen LogP contribution in [-0.2, 0) is 6.18 Å². The van der Waals surface area contributed by atoms with Gasteiger partial charge < -0.3 is 16.0 Å². The Morgan fingerprint density at radius 1 is 0.829 bits per heavy atom. The zero-order valence-corrected chi connectivity index (χ0v) is 19.3. The van der Waals surface area contributed by atoms with E-state index < -0.39 is 23.7 Å². The molecule has 178 valence electrons. The smallest absolute Gasteiger partial charge is 0.320 e. The van der Waals surface area contributed by atoms with Gasteiger partial charge in [-0.2, -0.15) is 23.1 Å². The first-order valence-electron chi connectivity index (χ1n) is 10.0. The minimum atomic E-state index is -4.52. The predicted octanol–water partition coefficient (Wildman–Crippen LogP) is 5.94. The predicted molar refractivity (Wildman–Crippen MR) is 128 cm³/mol. The lowest BCUT2D eigenvalue weighted by Gasteiger charge is -2.11. The van der Waals surface area contributed by atoms with Crippen molar-refractivity contribution in [2.24, 2.45) is 0 Å². The summed E-state index contributed by atoms with van der Waals surface area (Å²) in [4.78, 5) is 26.1. The third-order valence-corrected chi connectivity index (χ3v) is 5.14. The molecule has 3 aromatic carbocycles. The number of amides is 3. The van der Waals surface area contributed by atoms with Gasteiger partial charge in [-0.05, 0) is 60.7 Å². The van der Waals surface area contributed by atoms with Crippen LogP contribution in [-0.4, -0.2) is 26.9 Å². The Hall–Kier alpha value is -4.19. The molecule has 3 N–H and O–H groups in total. The lowest BCUT2D eigenvalue weighted by Crippen LogP contribution is -2.20. The summed E-state index contributed by atoms with van der Waals surface area (Å²) >= 11 is 3.35. The summed E-state index contributed by atoms with van der Waals surface area (Å²) in [5.74, 6) is -0.515. The first-order valence-corrected chi connectivity index (χ1v) is 10.8. The van der Waals surface area contributed by atoms with Crippen LogP contribution in [0, 0.1) is 0 Å². The van der Waals surface area contributed by atoms with E-state index in [9.17, 15) is 22.8 Å². The van der Waals surface area contributed by atoms with Crippen molar-refractivity contribution in [1.29, 1.82) is 0 Å². The second-order valence-electron chi connectivity index (χ2n) is 7.19. The fourth-order valence-corrected chi connectivity index (χ4v) is 3.27. The Labute approximate surface area is 205 Å². The van der Waals surface area contributed by atoms with E-state index in [0.29, 0.717) is 17.1 Å². The molecule has 0 atom stereocenters. The molecule has 0 saturated heterocycles. The SMILES string of the molecule is O=C(Nc1cccc(NC(=O)c2cnn(-c3ccc(Br)cc3)n2)c1)Nc1cccc(C(F)(F)F)c1. The van der Waals surface area contributed by atoms with Crippen LogP contribution in [0.15, 0.2) is 83.5 Å². The van der Waals surface area contributed by atoms with Crippen LogP contribution in [0.4, 0.5) is 35.0 Å². The molecule has 0 aliphatic rings. The summed E-state index contributed by atoms with van der Waals surface area (Å²) in [6.45, 7) is 0. The number of carbonyl (C=O) groups excluding carboxylic acids is 2. The lowest BCUT2D eigenvalue weighted by molar-refractivity contribution is -0.137. The Morgan fingerprint density at radius 2 is 1.43 bits per heavy atom. The molecule has 0 saturated carbocycles. The molecular formula is C23H16BrF3N6O2. The number of benzene rings is 3. The summed E-state index contributed by atoms with van der Waals surface area (Å²) in [6, 6.07) is 17.0. The van der Waals surface area contributed by atoms with Crippen molar-refractivity contribution in [3.63, 3.8) is 0 Å². The van der Waals surface area contributed by atoms with Crippen molar-refractivity contribution in [2.75, 3.05) is 16.0 Å². The zero-order valence-electron chi connectivity index (χ0n) is 17.7. The third kappa shape index (κ3) is 6.23. The quantitative estimate of drug-likeness (QED) is 0.289. The van der Waals surface area contributed by atoms with Gasteiger partial charge in [0.05, 0.1) is 17.4 Å². The standard InChI is InChI=1S/C23H16BrF3N6O2/c24-15-7-9-19(10-8-15)33-28-13-20(32-33)21(34)29-17-5-2-6-18(12-17)31-22(35)30-16-4-1-3-14(11-16)23(25,26)27/h1-13H,(H,29,34)(H2,30,31,35). The van der Waals surface area contributed by atoms with E-state index in [-0.39, 0.29) is 11.4 Å². The molecule has 3 amide bonds. The highest BCUT2D eigenvalue weighted by atomic mass is 79.9. The molecule has 8 nitrogen and oxygen atoms in total. The van der Waals surface area contributed by atoms with Gasteiger partial charge in [0.25, 0.3) is 5.91 Å². The van der Waals surface area contributed by atoms with Gasteiger partial charge in [0.1, 0.15) is 0 Å². The molecule has 4 rings (SSSR count). The fraction of sp³-hybridized carbons (Fsp3) is 0.0435. The molecule has 0 aliphatic carbocycles. The van der Waals surface area contributed by atoms with Gasteiger partial charge in [-0.25, -0.2) is 4.79 Å². The van der Waals surface area contributed by atoms with Crippen molar-refractivity contribution >= 4 is 44.9 Å². The molecule has 0 radical (unpaired) electrons. The Balaban J connectivity index is 1.39. The molecule has 0 bridgehead atoms. The highest BCUT2D eigenvalue weighted by Gasteiger charge is 2.30. The Kier molecular flexibility index (Phi) is 6.82. The molecule has 12 heteroatoms. The van der Waals surface area contributed by atoms with Crippen molar-refractivity contribution < 1.29 is 22.8 Å². The average molecular weight is 545 g/mol. The van der Waals surface area contributed by atoms with Crippen molar-refractivity contribution in [3.05, 3.63) is 94.7 Å². The van der Waals surface area contributed by atoms with Crippen LogP contribution < -0.4 is 16.0 Å². The number of hydrogen-bond acceptors (Lipinski definition) is 4. The van der Waals surface area contributed by atoms with Crippen LogP contribution >= 0.6 is 15.9 Å². The zero-order chi connectivity index (χ0) is 25.0. The van der Waals surface area contributed by atoms with E-state index in [1.165, 1.54) is 29.2 Å². The summed E-state index contributed by atoms with van der Waals surface area (Å²) in [5, 5.41) is 15.8. The molecule has 1 aromatic heterocycles. The highest BCUT2D eigenvalue weighted by Crippen LogP contribution is 2.30. The van der Waals surface area contributed by atoms with E-state index in [0.717, 1.165) is 16.6 Å². The molecule has 0 spiro atoms. The molecule has 0 aliphatic heterocycles. The summed E-state index contributed by atoms with van der Waals surface area (Å²) in [5.41, 5.74) is 0.530. The number of hydrogen-bond donors (Lipinski definition) is 3. The van der Waals surface area contributed by atoms with Crippen LogP contribution in [0.3, 0.4) is 0 Å². The largest absolute Gasteiger partial charge is 0.416 e. The minimum Gasteiger partial charge on any atom is -0.320 e. The fourth-order valence-electron chi connectivity index (χ4n) is 3.00. The van der Waals surface area contributed by atoms with E-state index in [4.69, 9.17) is 0 Å². The number of anilines is 3. The van der Waals surface area contributed by atoms with Gasteiger partial charge in [-0.3, -0.25) is 4.79 Å². The second kappa shape index (κ2) is 9.97. The maximum Gasteiger partial charge on any atom is 0.416 e. The number of nitrogens with zero attached hydrogens (tertiary/aromatic N) is 3. The van der Waals surface area contributed by atoms with Crippen molar-refractivity contribution in [2.45, 2.75) is 6.18 Å². The van der Waals surface area contributed by atoms with Crippen LogP contribution in [0.1, 0.15) is 16.1 Å². The normalized spacial score (nSPS) is 11.1. The van der Waals surface area contributed by atoms with E-state index in [1.807, 2.05) is 12.1 Å². The number of nitrogens with one attached hydrogen (secondary N) is 3. The average Bonchev–Trinajstić information content (AvgIpc) is 3.30. The molecule has 0 fully saturated rings. The van der Waals surface area contributed by atoms with E-state index in [1.54, 1.807) is 30.3 Å². The second-order valence-corrected chi connectivity index (χ2v) is 8.10. The van der Waals surface area contributed by atoms with Gasteiger partial charge in [0, 0.05) is 21.5 Å². The maximum atomic E-state index is 12.9. The van der Waals surface area contributed by atoms with E-state index >= 15 is 0 Å². The van der Waals surface area contributed by atoms with Crippen molar-refractivity contribution in [3.8, 4) is 5.69 Å². The molecule has 0 unspecified atom stereocenters. The lowest BCUT2D eigenvalue weighted by atomic mass is 10.2. The number of rotatable bonds is 5. The van der Waals surface area contributed by atoms with E-state index in [2.05, 4.69) is 42.1 Å². The Bertz CT molecular complexity index is 1370. The van der Waals surface area contributed by atoms with Gasteiger partial charge in [-0.1, -0.05) is 28.1 Å². The maximum absolute atomic E-state index is 12.9. The summed E-state index contributed by atoms with van der Waals surface area (Å²) in [7, 11) is 0. The Morgan fingerprint density at radius 3 is 2.09 bits per heavy atom. The highest BCUT2D eigenvalue weighted by molar-refractivity contribution is 9.10. The van der Waals surface area contributed by atoms with Gasteiger partial charge in [0.2, 0.25) is 0 Å². The molecule has 4 aromatic rings. The van der Waals surface area contributed by atoms with Gasteiger partial charge >= 0.3 is 12.2 Å². The number of halogens is 4. The number of aromatic nitrogens is 3. The van der Waals surface area contributed by atoms with Crippen LogP contribution in [0.2, 0.25) is 0 Å². The third-order valence-electron chi connectivity index (χ3n) is 4.61. The van der Waals surface area contributed by atoms with Gasteiger partial charge in [0.15, 0.2) is 5.69 Å². The topological polar surface area (TPSA) is 101 Å². The first-order chi connectivity index (χ1) is 16.7. The first kappa shape index (κ1) is 24.0. The molecule has 1 heterocycles. The van der Waals surface area contributed by atoms with Gasteiger partial charge in [-0.15, -0.1) is 5.10 Å². The number of carbonyl (C=O) groups is 2. The number of urea groups is 1. The monoisotopic (exact) mass is 544 g/mol. The van der Waals surface area contributed by atoms with Crippen LogP contribution in [0.5, 0.6) is 0 Å². The molecular weight excluding hydrogens is 529 g/mol. The molecule has 35 heavy (non-hydrogen) atoms. The summed E-state index contributed by atoms with van der Waals surface area (Å²) in [6.07, 6.45) is -3.20.